The monoisotopic (exact) mass is 390 g/mol. The lowest BCUT2D eigenvalue weighted by atomic mass is 9.74. The molecule has 0 aromatic rings. The van der Waals surface area contributed by atoms with E-state index in [2.05, 4.69) is 5.32 Å². The molecule has 1 spiro atoms. The van der Waals surface area contributed by atoms with Gasteiger partial charge in [0.25, 0.3) is 5.92 Å². The summed E-state index contributed by atoms with van der Waals surface area (Å²) in [6.45, 7) is 11.2. The Morgan fingerprint density at radius 2 is 1.52 bits per heavy atom. The Hall–Kier alpha value is -1.60. The van der Waals surface area contributed by atoms with Crippen LogP contribution >= 0.6 is 0 Å². The Kier molecular flexibility index (Phi) is 5.70. The molecular weight excluding hydrogens is 358 g/mol. The number of hydrogen-bond donors (Lipinski definition) is 1. The molecule has 156 valence electrons. The lowest BCUT2D eigenvalue weighted by molar-refractivity contribution is -0.0186. The highest BCUT2D eigenvalue weighted by molar-refractivity contribution is 5.69. The van der Waals surface area contributed by atoms with Gasteiger partial charge in [-0.2, -0.15) is 0 Å². The third-order valence-electron chi connectivity index (χ3n) is 4.95. The van der Waals surface area contributed by atoms with E-state index in [1.165, 1.54) is 0 Å². The Morgan fingerprint density at radius 1 is 1.00 bits per heavy atom. The number of amides is 2. The van der Waals surface area contributed by atoms with Crippen molar-refractivity contribution in [2.24, 2.45) is 5.41 Å². The first-order valence-corrected chi connectivity index (χ1v) is 9.46. The van der Waals surface area contributed by atoms with E-state index < -0.39 is 47.2 Å². The number of ether oxygens (including phenoxy) is 2. The van der Waals surface area contributed by atoms with Gasteiger partial charge in [-0.05, 0) is 59.8 Å². The number of alkyl carbamates (subject to hydrolysis) is 1. The molecule has 2 fully saturated rings. The van der Waals surface area contributed by atoms with Gasteiger partial charge in [0.2, 0.25) is 0 Å². The predicted molar refractivity (Wildman–Crippen MR) is 96.8 cm³/mol. The molecule has 1 aliphatic heterocycles. The molecule has 0 aromatic carbocycles. The minimum absolute atomic E-state index is 0.289. The highest BCUT2D eigenvalue weighted by atomic mass is 19.3. The summed E-state index contributed by atoms with van der Waals surface area (Å²) < 4.78 is 39.0. The second kappa shape index (κ2) is 7.09. The van der Waals surface area contributed by atoms with Crippen molar-refractivity contribution < 1.29 is 27.8 Å². The molecule has 1 saturated carbocycles. The maximum atomic E-state index is 14.2. The smallest absolute Gasteiger partial charge is 0.410 e. The second-order valence-corrected chi connectivity index (χ2v) is 9.77. The van der Waals surface area contributed by atoms with Crippen LogP contribution in [0.5, 0.6) is 0 Å². The average Bonchev–Trinajstić information content (AvgIpc) is 2.65. The quantitative estimate of drug-likeness (QED) is 0.724. The maximum absolute atomic E-state index is 14.2. The fraction of sp³-hybridized carbons (Fsp3) is 0.895. The first kappa shape index (κ1) is 21.7. The molecule has 0 unspecified atom stereocenters. The predicted octanol–water partition coefficient (Wildman–Crippen LogP) is 4.33. The molecule has 0 bridgehead atoms. The minimum Gasteiger partial charge on any atom is -0.444 e. The van der Waals surface area contributed by atoms with Crippen LogP contribution in [0.4, 0.5) is 18.4 Å². The zero-order valence-corrected chi connectivity index (χ0v) is 17.2. The number of carbonyl (C=O) groups excluding carboxylic acids is 2. The van der Waals surface area contributed by atoms with Crippen molar-refractivity contribution in [3.8, 4) is 0 Å². The van der Waals surface area contributed by atoms with Crippen LogP contribution in [0.25, 0.3) is 0 Å². The summed E-state index contributed by atoms with van der Waals surface area (Å²) in [6, 6.07) is -0.678. The molecule has 8 heteroatoms. The molecule has 1 N–H and O–H groups in total. The summed E-state index contributed by atoms with van der Waals surface area (Å²) in [5, 5.41) is 2.66. The van der Waals surface area contributed by atoms with Crippen LogP contribution < -0.4 is 5.32 Å². The number of rotatable bonds is 1. The van der Waals surface area contributed by atoms with Gasteiger partial charge in [-0.1, -0.05) is 0 Å². The molecule has 1 heterocycles. The Bertz CT molecular complexity index is 573. The van der Waals surface area contributed by atoms with E-state index in [1.54, 1.807) is 46.4 Å². The fourth-order valence-corrected chi connectivity index (χ4v) is 3.87. The van der Waals surface area contributed by atoms with Crippen LogP contribution in [-0.4, -0.2) is 53.3 Å². The summed E-state index contributed by atoms with van der Waals surface area (Å²) in [4.78, 5) is 25.9. The summed E-state index contributed by atoms with van der Waals surface area (Å²) in [7, 11) is 0. The van der Waals surface area contributed by atoms with E-state index in [4.69, 9.17) is 9.47 Å². The second-order valence-electron chi connectivity index (χ2n) is 9.77. The van der Waals surface area contributed by atoms with Gasteiger partial charge in [-0.15, -0.1) is 0 Å². The Morgan fingerprint density at radius 3 is 2.00 bits per heavy atom. The number of halogens is 2. The molecule has 1 saturated heterocycles. The highest BCUT2D eigenvalue weighted by Crippen LogP contribution is 2.53. The summed E-state index contributed by atoms with van der Waals surface area (Å²) >= 11 is 0. The number of likely N-dealkylation sites (tertiary alicyclic amines) is 1. The molecule has 0 aromatic heterocycles. The van der Waals surface area contributed by atoms with Crippen molar-refractivity contribution in [3.63, 3.8) is 0 Å². The molecule has 1 aliphatic carbocycles. The number of alkyl halides is 2. The maximum Gasteiger partial charge on any atom is 0.410 e. The van der Waals surface area contributed by atoms with Crippen LogP contribution in [0.2, 0.25) is 0 Å². The molecule has 6 nitrogen and oxygen atoms in total. The van der Waals surface area contributed by atoms with E-state index >= 15 is 0 Å². The van der Waals surface area contributed by atoms with E-state index in [1.807, 2.05) is 0 Å². The van der Waals surface area contributed by atoms with E-state index in [0.29, 0.717) is 25.9 Å². The third kappa shape index (κ3) is 5.94. The normalized spacial score (nSPS) is 24.6. The molecule has 2 rings (SSSR count). The number of nitrogens with one attached hydrogen (secondary N) is 1. The van der Waals surface area contributed by atoms with Gasteiger partial charge in [-0.3, -0.25) is 0 Å². The zero-order valence-electron chi connectivity index (χ0n) is 17.2. The summed E-state index contributed by atoms with van der Waals surface area (Å²) in [6.07, 6.45) is -1.02. The number of carbonyl (C=O) groups is 2. The molecule has 1 atom stereocenters. The number of hydrogen-bond acceptors (Lipinski definition) is 4. The lowest BCUT2D eigenvalue weighted by Gasteiger charge is -2.43. The van der Waals surface area contributed by atoms with Crippen LogP contribution in [0, 0.1) is 5.41 Å². The van der Waals surface area contributed by atoms with E-state index in [0.717, 1.165) is 0 Å². The summed E-state index contributed by atoms with van der Waals surface area (Å²) in [5.41, 5.74) is -2.04. The lowest BCUT2D eigenvalue weighted by Crippen LogP contribution is -2.52. The van der Waals surface area contributed by atoms with Gasteiger partial charge in [-0.25, -0.2) is 18.4 Å². The zero-order chi connectivity index (χ0) is 20.7. The SMILES string of the molecule is CC(C)(C)OC(=O)N[C@H]1CC(F)(F)CC12CCN(C(=O)OC(C)(C)C)CC2. The van der Waals surface area contributed by atoms with Gasteiger partial charge in [0, 0.05) is 32.0 Å². The first-order valence-electron chi connectivity index (χ1n) is 9.46. The van der Waals surface area contributed by atoms with E-state index in [-0.39, 0.29) is 6.42 Å². The first-order chi connectivity index (χ1) is 12.1. The Balaban J connectivity index is 2.04. The topological polar surface area (TPSA) is 67.9 Å². The highest BCUT2D eigenvalue weighted by Gasteiger charge is 2.57. The minimum atomic E-state index is -2.84. The third-order valence-corrected chi connectivity index (χ3v) is 4.95. The van der Waals surface area contributed by atoms with Crippen molar-refractivity contribution in [2.75, 3.05) is 13.1 Å². The average molecular weight is 390 g/mol. The van der Waals surface area contributed by atoms with E-state index in [9.17, 15) is 18.4 Å². The number of nitrogens with zero attached hydrogens (tertiary/aromatic N) is 1. The molecular formula is C19H32F2N2O4. The van der Waals surface area contributed by atoms with Crippen molar-refractivity contribution in [2.45, 2.75) is 90.4 Å². The van der Waals surface area contributed by atoms with Crippen LogP contribution in [0.1, 0.15) is 67.2 Å². The fourth-order valence-electron chi connectivity index (χ4n) is 3.87. The molecule has 2 amide bonds. The van der Waals surface area contributed by atoms with Crippen molar-refractivity contribution >= 4 is 12.2 Å². The molecule has 0 radical (unpaired) electrons. The van der Waals surface area contributed by atoms with Gasteiger partial charge in [0.15, 0.2) is 0 Å². The molecule has 2 aliphatic rings. The van der Waals surface area contributed by atoms with Crippen LogP contribution in [0.3, 0.4) is 0 Å². The Labute approximate surface area is 159 Å². The molecule has 27 heavy (non-hydrogen) atoms. The van der Waals surface area contributed by atoms with Gasteiger partial charge >= 0.3 is 12.2 Å². The van der Waals surface area contributed by atoms with Crippen molar-refractivity contribution in [1.29, 1.82) is 0 Å². The van der Waals surface area contributed by atoms with Gasteiger partial charge in [0.1, 0.15) is 11.2 Å². The van der Waals surface area contributed by atoms with Gasteiger partial charge < -0.3 is 19.7 Å². The summed E-state index contributed by atoms with van der Waals surface area (Å²) in [5.74, 6) is -2.84. The standard InChI is InChI=1S/C19H32F2N2O4/c1-16(2,3)26-14(24)22-13-11-19(20,21)12-18(13)7-9-23(10-8-18)15(25)27-17(4,5)6/h13H,7-12H2,1-6H3,(H,22,24)/t13-/m0/s1. The van der Waals surface area contributed by atoms with Crippen molar-refractivity contribution in [1.82, 2.24) is 10.2 Å². The number of piperidine rings is 1. The van der Waals surface area contributed by atoms with Crippen LogP contribution in [-0.2, 0) is 9.47 Å². The van der Waals surface area contributed by atoms with Crippen molar-refractivity contribution in [3.05, 3.63) is 0 Å². The largest absolute Gasteiger partial charge is 0.444 e. The van der Waals surface area contributed by atoms with Crippen LogP contribution in [0.15, 0.2) is 0 Å². The van der Waals surface area contributed by atoms with Gasteiger partial charge in [0.05, 0.1) is 0 Å².